The van der Waals surface area contributed by atoms with Gasteiger partial charge in [0.15, 0.2) is 23.2 Å². The van der Waals surface area contributed by atoms with Crippen LogP contribution in [0.5, 0.6) is 0 Å². The number of hydrogen-bond donors (Lipinski definition) is 0. The van der Waals surface area contributed by atoms with Gasteiger partial charge in [0.1, 0.15) is 15.9 Å². The molecule has 3 heteroatoms. The summed E-state index contributed by atoms with van der Waals surface area (Å²) in [5.41, 5.74) is 3.65. The number of aryl methyl sites for hydroxylation is 1. The van der Waals surface area contributed by atoms with Crippen LogP contribution in [0, 0.1) is 17.6 Å². The lowest BCUT2D eigenvalue weighted by atomic mass is 10.0. The first kappa shape index (κ1) is 19.5. The van der Waals surface area contributed by atoms with Crippen LogP contribution in [0.3, 0.4) is 0 Å². The van der Waals surface area contributed by atoms with Crippen LogP contribution in [-0.4, -0.2) is 0 Å². The maximum Gasteiger partial charge on any atom is 0.187 e. The van der Waals surface area contributed by atoms with Crippen molar-refractivity contribution in [2.45, 2.75) is 6.92 Å². The van der Waals surface area contributed by atoms with Gasteiger partial charge in [0.2, 0.25) is 0 Å². The zero-order valence-electron chi connectivity index (χ0n) is 16.2. The lowest BCUT2D eigenvalue weighted by molar-refractivity contribution is 1.47. The van der Waals surface area contributed by atoms with E-state index in [0.29, 0.717) is 0 Å². The minimum Gasteiger partial charge on any atom is -0.181 e. The highest BCUT2D eigenvalue weighted by atomic mass is 32.7. The van der Waals surface area contributed by atoms with Gasteiger partial charge < -0.3 is 0 Å². The second-order valence-corrected chi connectivity index (χ2v) is 12.2. The lowest BCUT2D eigenvalue weighted by Gasteiger charge is -2.23. The summed E-state index contributed by atoms with van der Waals surface area (Å²) in [6.45, 7) is -0.0152. The first-order valence-electron chi connectivity index (χ1n) is 9.50. The first-order valence-corrected chi connectivity index (χ1v) is 12.7. The molecule has 0 fully saturated rings. The Morgan fingerprint density at radius 3 is 1.45 bits per heavy atom. The lowest BCUT2D eigenvalue weighted by Crippen LogP contribution is -2.28. The number of nitrogens with zero attached hydrogens (tertiary/aromatic N) is 1. The molecule has 0 aromatic heterocycles. The molecule has 0 atom stereocenters. The fourth-order valence-corrected chi connectivity index (χ4v) is 9.05. The SMILES string of the molecule is Cc1ccc(-c2ccc([P+](SC#N)(c3ccccc3)c3ccccc3)cc2)cc1. The van der Waals surface area contributed by atoms with Crippen LogP contribution in [-0.2, 0) is 0 Å². The van der Waals surface area contributed by atoms with Gasteiger partial charge in [-0.3, -0.25) is 0 Å². The molecule has 0 saturated heterocycles. The normalized spacial score (nSPS) is 11.0. The van der Waals surface area contributed by atoms with Crippen LogP contribution < -0.4 is 15.9 Å². The molecular formula is C26H21NPS+. The van der Waals surface area contributed by atoms with Crippen molar-refractivity contribution in [3.05, 3.63) is 115 Å². The van der Waals surface area contributed by atoms with Gasteiger partial charge in [-0.05, 0) is 54.4 Å². The van der Waals surface area contributed by atoms with Gasteiger partial charge in [-0.2, -0.15) is 5.26 Å². The largest absolute Gasteiger partial charge is 0.187 e. The molecule has 0 amide bonds. The quantitative estimate of drug-likeness (QED) is 0.294. The Hall–Kier alpha value is -2.85. The molecule has 0 spiro atoms. The molecule has 0 aliphatic carbocycles. The molecule has 0 aliphatic rings. The zero-order valence-corrected chi connectivity index (χ0v) is 17.9. The molecule has 1 nitrogen and oxygen atoms in total. The van der Waals surface area contributed by atoms with E-state index in [1.54, 1.807) is 0 Å². The average Bonchev–Trinajstić information content (AvgIpc) is 2.79. The maximum atomic E-state index is 9.79. The number of hydrogen-bond acceptors (Lipinski definition) is 2. The molecule has 0 unspecified atom stereocenters. The van der Waals surface area contributed by atoms with Gasteiger partial charge in [-0.1, -0.05) is 78.4 Å². The van der Waals surface area contributed by atoms with E-state index >= 15 is 0 Å². The summed E-state index contributed by atoms with van der Waals surface area (Å²) < 4.78 is 0. The second kappa shape index (κ2) is 8.66. The van der Waals surface area contributed by atoms with E-state index in [0.717, 1.165) is 0 Å². The van der Waals surface area contributed by atoms with Crippen LogP contribution in [0.2, 0.25) is 0 Å². The molecule has 4 rings (SSSR count). The Morgan fingerprint density at radius 2 is 1.00 bits per heavy atom. The minimum absolute atomic E-state index is 1.19. The summed E-state index contributed by atoms with van der Waals surface area (Å²) >= 11 is 1.40. The monoisotopic (exact) mass is 410 g/mol. The van der Waals surface area contributed by atoms with E-state index in [9.17, 15) is 5.26 Å². The Labute approximate surface area is 177 Å². The fraction of sp³-hybridized carbons (Fsp3) is 0.0385. The molecule has 140 valence electrons. The first-order chi connectivity index (χ1) is 14.2. The van der Waals surface area contributed by atoms with Crippen molar-refractivity contribution in [3.8, 4) is 16.5 Å². The molecule has 4 aromatic rings. The van der Waals surface area contributed by atoms with Crippen LogP contribution in [0.4, 0.5) is 0 Å². The van der Waals surface area contributed by atoms with Crippen molar-refractivity contribution in [1.82, 2.24) is 0 Å². The summed E-state index contributed by atoms with van der Waals surface area (Å²) in [6, 6.07) is 38.3. The van der Waals surface area contributed by atoms with Crippen LogP contribution in [0.25, 0.3) is 11.1 Å². The van der Waals surface area contributed by atoms with Crippen LogP contribution in [0.1, 0.15) is 5.56 Å². The van der Waals surface area contributed by atoms with Crippen molar-refractivity contribution in [3.63, 3.8) is 0 Å². The van der Waals surface area contributed by atoms with Gasteiger partial charge in [-0.25, -0.2) is 0 Å². The van der Waals surface area contributed by atoms with Crippen molar-refractivity contribution in [2.24, 2.45) is 0 Å². The molecule has 0 heterocycles. The van der Waals surface area contributed by atoms with Gasteiger partial charge in [-0.15, -0.1) is 0 Å². The molecule has 0 bridgehead atoms. The Balaban J connectivity index is 1.87. The number of rotatable bonds is 5. The summed E-state index contributed by atoms with van der Waals surface area (Å²) in [7, 11) is 0. The standard InChI is InChI=1S/C26H21NPS/c1-21-12-14-22(15-13-21)23-16-18-26(19-17-23)28(29-20-27,24-8-4-2-5-9-24)25-10-6-3-7-11-25/h2-19H,1H3/q+1. The predicted molar refractivity (Wildman–Crippen MR) is 129 cm³/mol. The summed E-state index contributed by atoms with van der Waals surface area (Å²) in [5.74, 6) is 0. The highest BCUT2D eigenvalue weighted by Gasteiger charge is 2.47. The van der Waals surface area contributed by atoms with Crippen molar-refractivity contribution in [2.75, 3.05) is 0 Å². The van der Waals surface area contributed by atoms with Gasteiger partial charge in [0, 0.05) is 0 Å². The molecule has 29 heavy (non-hydrogen) atoms. The highest BCUT2D eigenvalue weighted by Crippen LogP contribution is 2.66. The molecule has 0 saturated carbocycles. The Bertz CT molecular complexity index is 1080. The Morgan fingerprint density at radius 1 is 0.586 bits per heavy atom. The van der Waals surface area contributed by atoms with Crippen molar-refractivity contribution < 1.29 is 0 Å². The third kappa shape index (κ3) is 3.85. The summed E-state index contributed by atoms with van der Waals surface area (Å²) in [6.07, 6.45) is 0. The van der Waals surface area contributed by atoms with Gasteiger partial charge >= 0.3 is 0 Å². The average molecular weight is 411 g/mol. The van der Waals surface area contributed by atoms with Crippen LogP contribution in [0.15, 0.2) is 109 Å². The minimum atomic E-state index is -2.12. The zero-order chi connectivity index (χ0) is 20.1. The maximum absolute atomic E-state index is 9.79. The molecule has 0 radical (unpaired) electrons. The van der Waals surface area contributed by atoms with Crippen molar-refractivity contribution in [1.29, 1.82) is 5.26 Å². The topological polar surface area (TPSA) is 23.8 Å². The molecule has 4 aromatic carbocycles. The third-order valence-corrected chi connectivity index (χ3v) is 11.4. The second-order valence-electron chi connectivity index (χ2n) is 6.88. The Kier molecular flexibility index (Phi) is 5.81. The predicted octanol–water partition coefficient (Wildman–Crippen LogP) is 6.09. The number of benzene rings is 4. The summed E-state index contributed by atoms with van der Waals surface area (Å²) in [4.78, 5) is 0. The molecular weight excluding hydrogens is 389 g/mol. The molecule has 0 aliphatic heterocycles. The van der Waals surface area contributed by atoms with E-state index < -0.39 is 6.46 Å². The van der Waals surface area contributed by atoms with E-state index in [4.69, 9.17) is 0 Å². The number of thiocyanates is 1. The van der Waals surface area contributed by atoms with E-state index in [1.807, 2.05) is 12.1 Å². The highest BCUT2D eigenvalue weighted by molar-refractivity contribution is 8.71. The summed E-state index contributed by atoms with van der Waals surface area (Å²) in [5, 5.41) is 15.8. The third-order valence-electron chi connectivity index (χ3n) is 5.03. The van der Waals surface area contributed by atoms with E-state index in [2.05, 4.69) is 109 Å². The van der Waals surface area contributed by atoms with E-state index in [1.165, 1.54) is 44.0 Å². The van der Waals surface area contributed by atoms with Crippen molar-refractivity contribution >= 4 is 33.8 Å². The molecule has 0 N–H and O–H groups in total. The van der Waals surface area contributed by atoms with Crippen LogP contribution >= 0.6 is 17.8 Å². The fourth-order valence-electron chi connectivity index (χ4n) is 3.55. The smallest absolute Gasteiger partial charge is 0.181 e. The van der Waals surface area contributed by atoms with Gasteiger partial charge in [0.05, 0.1) is 0 Å². The van der Waals surface area contributed by atoms with E-state index in [-0.39, 0.29) is 0 Å². The number of nitriles is 1. The van der Waals surface area contributed by atoms with Gasteiger partial charge in [0.25, 0.3) is 0 Å².